The molecule has 2 fully saturated rings. The van der Waals surface area contributed by atoms with Gasteiger partial charge in [-0.15, -0.1) is 0 Å². The molecule has 0 aromatic heterocycles. The molecular formula is C18H32N2O3. The van der Waals surface area contributed by atoms with Crippen molar-refractivity contribution in [3.63, 3.8) is 0 Å². The molecule has 1 saturated heterocycles. The van der Waals surface area contributed by atoms with Crippen molar-refractivity contribution in [1.82, 2.24) is 10.2 Å². The summed E-state index contributed by atoms with van der Waals surface area (Å²) >= 11 is 0. The van der Waals surface area contributed by atoms with E-state index >= 15 is 0 Å². The highest BCUT2D eigenvalue weighted by atomic mass is 16.3. The van der Waals surface area contributed by atoms with Gasteiger partial charge in [0, 0.05) is 31.7 Å². The minimum atomic E-state index is -0.0627. The summed E-state index contributed by atoms with van der Waals surface area (Å²) in [6.07, 6.45) is 6.54. The largest absolute Gasteiger partial charge is 0.396 e. The quantitative estimate of drug-likeness (QED) is 0.812. The molecule has 2 aliphatic rings. The van der Waals surface area contributed by atoms with Gasteiger partial charge in [0.05, 0.1) is 5.92 Å². The van der Waals surface area contributed by atoms with Crippen LogP contribution < -0.4 is 5.32 Å². The predicted molar refractivity (Wildman–Crippen MR) is 89.7 cm³/mol. The zero-order valence-electron chi connectivity index (χ0n) is 14.6. The average Bonchev–Trinajstić information content (AvgIpc) is 2.61. The van der Waals surface area contributed by atoms with Gasteiger partial charge in [-0.1, -0.05) is 13.8 Å². The van der Waals surface area contributed by atoms with Crippen LogP contribution in [-0.2, 0) is 9.59 Å². The molecule has 5 nitrogen and oxygen atoms in total. The topological polar surface area (TPSA) is 69.6 Å². The molecular weight excluding hydrogens is 292 g/mol. The fourth-order valence-corrected chi connectivity index (χ4v) is 3.69. The first-order valence-corrected chi connectivity index (χ1v) is 9.25. The van der Waals surface area contributed by atoms with Crippen molar-refractivity contribution in [3.05, 3.63) is 0 Å². The Morgan fingerprint density at radius 2 is 1.91 bits per heavy atom. The number of rotatable bonds is 5. The fraction of sp³-hybridized carbons (Fsp3) is 0.889. The lowest BCUT2D eigenvalue weighted by Gasteiger charge is -2.35. The van der Waals surface area contributed by atoms with Gasteiger partial charge in [0.2, 0.25) is 11.8 Å². The Morgan fingerprint density at radius 3 is 2.52 bits per heavy atom. The molecule has 1 heterocycles. The summed E-state index contributed by atoms with van der Waals surface area (Å²) in [5, 5.41) is 12.4. The van der Waals surface area contributed by atoms with Crippen LogP contribution in [0.25, 0.3) is 0 Å². The molecule has 2 unspecified atom stereocenters. The number of hydrogen-bond acceptors (Lipinski definition) is 3. The molecule has 0 aromatic rings. The molecule has 2 N–H and O–H groups in total. The van der Waals surface area contributed by atoms with Crippen molar-refractivity contribution in [2.75, 3.05) is 19.7 Å². The summed E-state index contributed by atoms with van der Waals surface area (Å²) in [6, 6.07) is 0.242. The van der Waals surface area contributed by atoms with Crippen LogP contribution >= 0.6 is 0 Å². The Kier molecular flexibility index (Phi) is 6.88. The molecule has 0 spiro atoms. The Morgan fingerprint density at radius 1 is 1.22 bits per heavy atom. The highest BCUT2D eigenvalue weighted by molar-refractivity contribution is 5.82. The van der Waals surface area contributed by atoms with E-state index in [1.165, 1.54) is 0 Å². The molecule has 1 aliphatic heterocycles. The van der Waals surface area contributed by atoms with E-state index in [0.717, 1.165) is 51.5 Å². The number of amides is 2. The molecule has 1 aliphatic carbocycles. The Balaban J connectivity index is 1.81. The second kappa shape index (κ2) is 8.67. The SMILES string of the molecule is CCC(C)C(=O)N1CCCC(C(=O)NC2CCC(CO)CC2)C1. The van der Waals surface area contributed by atoms with E-state index < -0.39 is 0 Å². The Bertz CT molecular complexity index is 405. The average molecular weight is 324 g/mol. The maximum atomic E-state index is 12.5. The third kappa shape index (κ3) is 4.93. The van der Waals surface area contributed by atoms with E-state index in [-0.39, 0.29) is 36.3 Å². The summed E-state index contributed by atoms with van der Waals surface area (Å²) in [6.45, 7) is 5.61. The van der Waals surface area contributed by atoms with Crippen LogP contribution in [0, 0.1) is 17.8 Å². The second-order valence-electron chi connectivity index (χ2n) is 7.34. The van der Waals surface area contributed by atoms with E-state index in [0.29, 0.717) is 12.5 Å². The first-order valence-electron chi connectivity index (χ1n) is 9.25. The van der Waals surface area contributed by atoms with Crippen LogP contribution in [0.15, 0.2) is 0 Å². The van der Waals surface area contributed by atoms with Crippen molar-refractivity contribution >= 4 is 11.8 Å². The van der Waals surface area contributed by atoms with Gasteiger partial charge < -0.3 is 15.3 Å². The standard InChI is InChI=1S/C18H32N2O3/c1-3-13(2)18(23)20-10-4-5-15(11-20)17(22)19-16-8-6-14(12-21)7-9-16/h13-16,21H,3-12H2,1-2H3,(H,19,22). The molecule has 23 heavy (non-hydrogen) atoms. The van der Waals surface area contributed by atoms with E-state index in [9.17, 15) is 14.7 Å². The Labute approximate surface area is 139 Å². The molecule has 0 bridgehead atoms. The van der Waals surface area contributed by atoms with Gasteiger partial charge in [0.1, 0.15) is 0 Å². The van der Waals surface area contributed by atoms with Gasteiger partial charge in [-0.3, -0.25) is 9.59 Å². The summed E-state index contributed by atoms with van der Waals surface area (Å²) < 4.78 is 0. The van der Waals surface area contributed by atoms with Gasteiger partial charge >= 0.3 is 0 Å². The highest BCUT2D eigenvalue weighted by Crippen LogP contribution is 2.25. The number of piperidine rings is 1. The first kappa shape index (κ1) is 18.2. The number of hydrogen-bond donors (Lipinski definition) is 2. The number of aliphatic hydroxyl groups is 1. The zero-order chi connectivity index (χ0) is 16.8. The van der Waals surface area contributed by atoms with Crippen LogP contribution in [0.1, 0.15) is 58.8 Å². The van der Waals surface area contributed by atoms with Crippen molar-refractivity contribution in [2.24, 2.45) is 17.8 Å². The lowest BCUT2D eigenvalue weighted by atomic mass is 9.86. The minimum Gasteiger partial charge on any atom is -0.396 e. The molecule has 132 valence electrons. The van der Waals surface area contributed by atoms with Crippen LogP contribution in [0.4, 0.5) is 0 Å². The van der Waals surface area contributed by atoms with Crippen LogP contribution in [0.2, 0.25) is 0 Å². The van der Waals surface area contributed by atoms with Crippen molar-refractivity contribution in [2.45, 2.75) is 64.8 Å². The molecule has 1 saturated carbocycles. The van der Waals surface area contributed by atoms with E-state index in [2.05, 4.69) is 5.32 Å². The Hall–Kier alpha value is -1.10. The smallest absolute Gasteiger partial charge is 0.225 e. The van der Waals surface area contributed by atoms with Gasteiger partial charge in [-0.25, -0.2) is 0 Å². The van der Waals surface area contributed by atoms with Gasteiger partial charge in [-0.05, 0) is 50.9 Å². The minimum absolute atomic E-state index is 0.0468. The monoisotopic (exact) mass is 324 g/mol. The van der Waals surface area contributed by atoms with Crippen LogP contribution in [0.5, 0.6) is 0 Å². The van der Waals surface area contributed by atoms with Crippen molar-refractivity contribution < 1.29 is 14.7 Å². The van der Waals surface area contributed by atoms with Crippen molar-refractivity contribution in [3.8, 4) is 0 Å². The molecule has 0 radical (unpaired) electrons. The van der Waals surface area contributed by atoms with Gasteiger partial charge in [0.25, 0.3) is 0 Å². The molecule has 2 rings (SSSR count). The first-order chi connectivity index (χ1) is 11.0. The van der Waals surface area contributed by atoms with E-state index in [1.807, 2.05) is 18.7 Å². The van der Waals surface area contributed by atoms with Gasteiger partial charge in [0.15, 0.2) is 0 Å². The summed E-state index contributed by atoms with van der Waals surface area (Å²) in [5.41, 5.74) is 0. The molecule has 5 heteroatoms. The third-order valence-electron chi connectivity index (χ3n) is 5.59. The van der Waals surface area contributed by atoms with E-state index in [4.69, 9.17) is 0 Å². The fourth-order valence-electron chi connectivity index (χ4n) is 3.69. The summed E-state index contributed by atoms with van der Waals surface area (Å²) in [7, 11) is 0. The van der Waals surface area contributed by atoms with Crippen LogP contribution in [0.3, 0.4) is 0 Å². The number of aliphatic hydroxyl groups excluding tert-OH is 1. The number of carbonyl (C=O) groups is 2. The molecule has 0 aromatic carbocycles. The van der Waals surface area contributed by atoms with E-state index in [1.54, 1.807) is 0 Å². The van der Waals surface area contributed by atoms with Crippen LogP contribution in [-0.4, -0.2) is 47.6 Å². The number of carbonyl (C=O) groups excluding carboxylic acids is 2. The lowest BCUT2D eigenvalue weighted by Crippen LogP contribution is -2.49. The maximum Gasteiger partial charge on any atom is 0.225 e. The third-order valence-corrected chi connectivity index (χ3v) is 5.59. The van der Waals surface area contributed by atoms with Gasteiger partial charge in [-0.2, -0.15) is 0 Å². The number of nitrogens with zero attached hydrogens (tertiary/aromatic N) is 1. The molecule has 2 amide bonds. The maximum absolute atomic E-state index is 12.5. The predicted octanol–water partition coefficient (Wildman–Crippen LogP) is 1.94. The normalized spacial score (nSPS) is 29.9. The number of nitrogens with one attached hydrogen (secondary N) is 1. The van der Waals surface area contributed by atoms with Crippen molar-refractivity contribution in [1.29, 1.82) is 0 Å². The summed E-state index contributed by atoms with van der Waals surface area (Å²) in [4.78, 5) is 26.7. The molecule has 2 atom stereocenters. The highest BCUT2D eigenvalue weighted by Gasteiger charge is 2.31. The summed E-state index contributed by atoms with van der Waals surface area (Å²) in [5.74, 6) is 0.687. The zero-order valence-corrected chi connectivity index (χ0v) is 14.6. The lowest BCUT2D eigenvalue weighted by molar-refractivity contribution is -0.139. The number of likely N-dealkylation sites (tertiary alicyclic amines) is 1. The second-order valence-corrected chi connectivity index (χ2v) is 7.34.